The number of piperazine rings is 1. The fraction of sp³-hybridized carbons (Fsp3) is 0.370. The summed E-state index contributed by atoms with van der Waals surface area (Å²) in [7, 11) is 0. The number of carbonyl (C=O) groups excluding carboxylic acids is 1. The van der Waals surface area contributed by atoms with E-state index in [0.717, 1.165) is 11.8 Å². The molecule has 4 rings (SSSR count). The Hall–Kier alpha value is -4.12. The Bertz CT molecular complexity index is 1450. The fourth-order valence-electron chi connectivity index (χ4n) is 4.50. The Morgan fingerprint density at radius 3 is 2.39 bits per heavy atom. The van der Waals surface area contributed by atoms with Gasteiger partial charge in [0, 0.05) is 73.5 Å². The van der Waals surface area contributed by atoms with E-state index in [9.17, 15) is 19.5 Å². The van der Waals surface area contributed by atoms with Gasteiger partial charge in [-0.3, -0.25) is 19.5 Å². The Kier molecular flexibility index (Phi) is 7.58. The number of hydrazone groups is 1. The van der Waals surface area contributed by atoms with E-state index < -0.39 is 22.8 Å². The molecule has 0 spiro atoms. The highest BCUT2D eigenvalue weighted by atomic mass is 19.1. The van der Waals surface area contributed by atoms with Crippen molar-refractivity contribution in [1.82, 2.24) is 19.9 Å². The summed E-state index contributed by atoms with van der Waals surface area (Å²) >= 11 is 0. The van der Waals surface area contributed by atoms with E-state index >= 15 is 4.39 Å². The average molecular weight is 523 g/mol. The molecule has 1 saturated heterocycles. The topological polar surface area (TPSA) is 120 Å². The van der Waals surface area contributed by atoms with Crippen molar-refractivity contribution in [3.63, 3.8) is 0 Å². The summed E-state index contributed by atoms with van der Waals surface area (Å²) in [5.74, 6) is -2.22. The molecule has 11 heteroatoms. The van der Waals surface area contributed by atoms with Gasteiger partial charge >= 0.3 is 5.97 Å². The van der Waals surface area contributed by atoms with Gasteiger partial charge in [-0.1, -0.05) is 0 Å². The molecule has 3 aromatic rings. The number of aromatic carboxylic acids is 1. The van der Waals surface area contributed by atoms with E-state index in [4.69, 9.17) is 0 Å². The number of hydrogen-bond acceptors (Lipinski definition) is 7. The number of rotatable bonds is 6. The molecule has 1 aliphatic heterocycles. The van der Waals surface area contributed by atoms with Gasteiger partial charge in [-0.25, -0.2) is 14.6 Å². The number of hydrogen-bond donors (Lipinski definition) is 2. The molecule has 38 heavy (non-hydrogen) atoms. The molecule has 3 heterocycles. The summed E-state index contributed by atoms with van der Waals surface area (Å²) in [4.78, 5) is 44.6. The van der Waals surface area contributed by atoms with Crippen LogP contribution in [0.1, 0.15) is 48.4 Å². The number of carboxylic acids is 1. The number of pyridine rings is 2. The van der Waals surface area contributed by atoms with Crippen LogP contribution >= 0.6 is 0 Å². The van der Waals surface area contributed by atoms with E-state index in [0.29, 0.717) is 49.5 Å². The number of benzene rings is 1. The maximum absolute atomic E-state index is 15.3. The minimum atomic E-state index is -1.34. The van der Waals surface area contributed by atoms with Gasteiger partial charge in [0.1, 0.15) is 11.4 Å². The molecule has 0 aliphatic carbocycles. The van der Waals surface area contributed by atoms with Crippen molar-refractivity contribution >= 4 is 34.2 Å². The van der Waals surface area contributed by atoms with Gasteiger partial charge in [-0.15, -0.1) is 0 Å². The summed E-state index contributed by atoms with van der Waals surface area (Å²) < 4.78 is 17.0. The second-order valence-corrected chi connectivity index (χ2v) is 10.3. The Balaban J connectivity index is 1.49. The van der Waals surface area contributed by atoms with Crippen LogP contribution in [0.25, 0.3) is 10.9 Å². The summed E-state index contributed by atoms with van der Waals surface area (Å²) in [5.41, 5.74) is 2.99. The number of aromatic nitrogens is 2. The van der Waals surface area contributed by atoms with Gasteiger partial charge < -0.3 is 14.6 Å². The van der Waals surface area contributed by atoms with Crippen molar-refractivity contribution in [2.75, 3.05) is 37.6 Å². The number of carboxylic acid groups (broad SMARTS) is 1. The first kappa shape index (κ1) is 26.9. The van der Waals surface area contributed by atoms with Crippen molar-refractivity contribution in [3.8, 4) is 0 Å². The van der Waals surface area contributed by atoms with E-state index in [1.54, 1.807) is 35.2 Å². The molecule has 0 unspecified atom stereocenters. The van der Waals surface area contributed by atoms with Crippen molar-refractivity contribution in [1.29, 1.82) is 0 Å². The predicted molar refractivity (Wildman–Crippen MR) is 144 cm³/mol. The molecule has 2 aromatic heterocycles. The van der Waals surface area contributed by atoms with Crippen molar-refractivity contribution < 1.29 is 19.1 Å². The smallest absolute Gasteiger partial charge is 0.341 e. The summed E-state index contributed by atoms with van der Waals surface area (Å²) in [6.45, 7) is 10.5. The minimum absolute atomic E-state index is 0.0420. The molecule has 0 saturated carbocycles. The van der Waals surface area contributed by atoms with Gasteiger partial charge in [-0.2, -0.15) is 5.10 Å². The highest BCUT2D eigenvalue weighted by Crippen LogP contribution is 2.29. The molecule has 1 aliphatic rings. The third-order valence-corrected chi connectivity index (χ3v) is 6.48. The first-order valence-electron chi connectivity index (χ1n) is 12.3. The quantitative estimate of drug-likeness (QED) is 0.377. The lowest BCUT2D eigenvalue weighted by molar-refractivity contribution is 0.0694. The number of nitrogens with one attached hydrogen (secondary N) is 1. The normalized spacial score (nSPS) is 15.1. The van der Waals surface area contributed by atoms with Crippen LogP contribution in [0.3, 0.4) is 0 Å². The number of amides is 1. The minimum Gasteiger partial charge on any atom is -0.477 e. The van der Waals surface area contributed by atoms with Crippen LogP contribution < -0.4 is 15.8 Å². The van der Waals surface area contributed by atoms with Crippen molar-refractivity contribution in [2.24, 2.45) is 5.10 Å². The van der Waals surface area contributed by atoms with E-state index in [1.165, 1.54) is 6.20 Å². The SMILES string of the molecule is C/C(CN1CCN(c2cc3c(cc2F)c(=O)c(C(=O)O)cn3C(C)(C)C)CC1)=N\NC(=O)c1ccncc1. The molecule has 10 nitrogen and oxygen atoms in total. The zero-order valence-electron chi connectivity index (χ0n) is 21.9. The highest BCUT2D eigenvalue weighted by Gasteiger charge is 2.25. The summed E-state index contributed by atoms with van der Waals surface area (Å²) in [5, 5.41) is 13.7. The van der Waals surface area contributed by atoms with Crippen LogP contribution in [0.5, 0.6) is 0 Å². The molecule has 1 fully saturated rings. The molecule has 1 aromatic carbocycles. The van der Waals surface area contributed by atoms with Gasteiger partial charge in [0.15, 0.2) is 0 Å². The largest absolute Gasteiger partial charge is 0.477 e. The van der Waals surface area contributed by atoms with Crippen LogP contribution in [0.15, 0.2) is 52.8 Å². The lowest BCUT2D eigenvalue weighted by Gasteiger charge is -2.36. The Labute approximate surface area is 219 Å². The molecule has 0 radical (unpaired) electrons. The molecule has 0 bridgehead atoms. The predicted octanol–water partition coefficient (Wildman–Crippen LogP) is 2.92. The van der Waals surface area contributed by atoms with Gasteiger partial charge in [-0.05, 0) is 52.0 Å². The fourth-order valence-corrected chi connectivity index (χ4v) is 4.50. The zero-order valence-corrected chi connectivity index (χ0v) is 21.9. The first-order valence-corrected chi connectivity index (χ1v) is 12.3. The summed E-state index contributed by atoms with van der Waals surface area (Å²) in [6.07, 6.45) is 4.42. The van der Waals surface area contributed by atoms with Crippen LogP contribution in [-0.4, -0.2) is 69.9 Å². The monoisotopic (exact) mass is 522 g/mol. The molecule has 2 N–H and O–H groups in total. The number of anilines is 1. The standard InChI is InChI=1S/C27H31FN6O4/c1-17(30-31-25(36)18-5-7-29-8-6-18)15-32-9-11-33(12-10-32)23-14-22-19(13-21(23)28)24(35)20(26(37)38)16-34(22)27(2,3)4/h5-8,13-14,16H,9-12,15H2,1-4H3,(H,31,36)(H,37,38)/b30-17+. The van der Waals surface area contributed by atoms with E-state index in [-0.39, 0.29) is 16.9 Å². The van der Waals surface area contributed by atoms with Crippen molar-refractivity contribution in [3.05, 3.63) is 70.0 Å². The van der Waals surface area contributed by atoms with Gasteiger partial charge in [0.2, 0.25) is 5.43 Å². The number of fused-ring (bicyclic) bond motifs is 1. The Morgan fingerprint density at radius 1 is 1.13 bits per heavy atom. The average Bonchev–Trinajstić information content (AvgIpc) is 2.87. The second kappa shape index (κ2) is 10.7. The number of nitrogens with zero attached hydrogens (tertiary/aromatic N) is 5. The maximum atomic E-state index is 15.3. The number of halogens is 1. The molecule has 1 amide bonds. The first-order chi connectivity index (χ1) is 18.0. The van der Waals surface area contributed by atoms with Crippen LogP contribution in [-0.2, 0) is 5.54 Å². The molecular weight excluding hydrogens is 491 g/mol. The number of carbonyl (C=O) groups is 2. The molecular formula is C27H31FN6O4. The van der Waals surface area contributed by atoms with E-state index in [1.807, 2.05) is 32.6 Å². The van der Waals surface area contributed by atoms with Gasteiger partial charge in [0.05, 0.1) is 11.2 Å². The van der Waals surface area contributed by atoms with Crippen LogP contribution in [0, 0.1) is 5.82 Å². The third kappa shape index (κ3) is 5.72. The highest BCUT2D eigenvalue weighted by molar-refractivity contribution is 5.95. The second-order valence-electron chi connectivity index (χ2n) is 10.3. The van der Waals surface area contributed by atoms with Crippen LogP contribution in [0.2, 0.25) is 0 Å². The molecule has 0 atom stereocenters. The Morgan fingerprint density at radius 2 is 1.79 bits per heavy atom. The zero-order chi connectivity index (χ0) is 27.6. The third-order valence-electron chi connectivity index (χ3n) is 6.48. The van der Waals surface area contributed by atoms with Gasteiger partial charge in [0.25, 0.3) is 5.91 Å². The lowest BCUT2D eigenvalue weighted by Crippen LogP contribution is -2.48. The lowest BCUT2D eigenvalue weighted by atomic mass is 10.0. The summed E-state index contributed by atoms with van der Waals surface area (Å²) in [6, 6.07) is 6.00. The van der Waals surface area contributed by atoms with E-state index in [2.05, 4.69) is 20.4 Å². The maximum Gasteiger partial charge on any atom is 0.341 e. The van der Waals surface area contributed by atoms with Crippen LogP contribution in [0.4, 0.5) is 10.1 Å². The molecule has 200 valence electrons. The van der Waals surface area contributed by atoms with Crippen molar-refractivity contribution in [2.45, 2.75) is 33.2 Å².